The quantitative estimate of drug-likeness (QED) is 0.754. The zero-order chi connectivity index (χ0) is 15.3. The van der Waals surface area contributed by atoms with E-state index in [1.165, 1.54) is 6.42 Å². The van der Waals surface area contributed by atoms with Crippen LogP contribution >= 0.6 is 0 Å². The standard InChI is InChI=1S/C16H32N2O2/c1-12(2)17-16(5,15(19)20)7-6-8-18-10-13(3)9-14(4)11-18/h12-14,17H,6-11H2,1-5H3,(H,19,20). The summed E-state index contributed by atoms with van der Waals surface area (Å²) in [5.41, 5.74) is -0.804. The fourth-order valence-electron chi connectivity index (χ4n) is 3.51. The average Bonchev–Trinajstić information content (AvgIpc) is 2.26. The summed E-state index contributed by atoms with van der Waals surface area (Å²) in [4.78, 5) is 14.0. The number of carboxylic acids is 1. The Balaban J connectivity index is 2.42. The number of hydrogen-bond donors (Lipinski definition) is 2. The second-order valence-corrected chi connectivity index (χ2v) is 7.25. The first-order valence-corrected chi connectivity index (χ1v) is 7.96. The molecule has 0 radical (unpaired) electrons. The average molecular weight is 284 g/mol. The van der Waals surface area contributed by atoms with Gasteiger partial charge in [0.25, 0.3) is 0 Å². The highest BCUT2D eigenvalue weighted by atomic mass is 16.4. The Morgan fingerprint density at radius 1 is 1.35 bits per heavy atom. The van der Waals surface area contributed by atoms with Gasteiger partial charge in [-0.15, -0.1) is 0 Å². The number of nitrogens with one attached hydrogen (secondary N) is 1. The van der Waals surface area contributed by atoms with Crippen LogP contribution in [0.5, 0.6) is 0 Å². The van der Waals surface area contributed by atoms with Crippen LogP contribution in [0.15, 0.2) is 0 Å². The van der Waals surface area contributed by atoms with E-state index in [-0.39, 0.29) is 6.04 Å². The van der Waals surface area contributed by atoms with Crippen LogP contribution < -0.4 is 5.32 Å². The van der Waals surface area contributed by atoms with Crippen molar-refractivity contribution in [3.63, 3.8) is 0 Å². The molecule has 0 bridgehead atoms. The predicted molar refractivity (Wildman–Crippen MR) is 82.9 cm³/mol. The van der Waals surface area contributed by atoms with Crippen LogP contribution in [0, 0.1) is 11.8 Å². The summed E-state index contributed by atoms with van der Waals surface area (Å²) in [6.45, 7) is 13.7. The summed E-state index contributed by atoms with van der Waals surface area (Å²) in [5, 5.41) is 12.6. The molecule has 0 aromatic heterocycles. The fraction of sp³-hybridized carbons (Fsp3) is 0.938. The number of rotatable bonds is 7. The predicted octanol–water partition coefficient (Wildman–Crippen LogP) is 2.59. The Labute approximate surface area is 123 Å². The van der Waals surface area contributed by atoms with Crippen molar-refractivity contribution in [1.29, 1.82) is 0 Å². The van der Waals surface area contributed by atoms with E-state index in [9.17, 15) is 9.90 Å². The van der Waals surface area contributed by atoms with Crippen molar-refractivity contribution in [2.45, 2.75) is 65.5 Å². The van der Waals surface area contributed by atoms with Gasteiger partial charge in [0.15, 0.2) is 0 Å². The number of hydrogen-bond acceptors (Lipinski definition) is 3. The lowest BCUT2D eigenvalue weighted by Gasteiger charge is -2.36. The van der Waals surface area contributed by atoms with Crippen molar-refractivity contribution in [3.05, 3.63) is 0 Å². The Kier molecular flexibility index (Phi) is 6.46. The number of carbonyl (C=O) groups is 1. The van der Waals surface area contributed by atoms with Crippen molar-refractivity contribution in [3.8, 4) is 0 Å². The summed E-state index contributed by atoms with van der Waals surface area (Å²) in [7, 11) is 0. The van der Waals surface area contributed by atoms with Gasteiger partial charge < -0.3 is 10.0 Å². The first kappa shape index (κ1) is 17.4. The maximum absolute atomic E-state index is 11.5. The van der Waals surface area contributed by atoms with Gasteiger partial charge in [0.2, 0.25) is 0 Å². The van der Waals surface area contributed by atoms with E-state index >= 15 is 0 Å². The van der Waals surface area contributed by atoms with Crippen molar-refractivity contribution in [2.75, 3.05) is 19.6 Å². The molecule has 118 valence electrons. The van der Waals surface area contributed by atoms with E-state index in [1.807, 2.05) is 13.8 Å². The molecular formula is C16H32N2O2. The molecule has 0 aromatic carbocycles. The van der Waals surface area contributed by atoms with E-state index in [0.29, 0.717) is 6.42 Å². The molecule has 3 unspecified atom stereocenters. The van der Waals surface area contributed by atoms with Crippen LogP contribution in [0.2, 0.25) is 0 Å². The topological polar surface area (TPSA) is 52.6 Å². The van der Waals surface area contributed by atoms with Gasteiger partial charge >= 0.3 is 5.97 Å². The van der Waals surface area contributed by atoms with E-state index in [2.05, 4.69) is 24.1 Å². The third kappa shape index (κ3) is 5.41. The summed E-state index contributed by atoms with van der Waals surface area (Å²) < 4.78 is 0. The lowest BCUT2D eigenvalue weighted by atomic mass is 9.91. The van der Waals surface area contributed by atoms with Gasteiger partial charge in [-0.05, 0) is 58.4 Å². The molecule has 20 heavy (non-hydrogen) atoms. The molecule has 1 rings (SSSR count). The number of nitrogens with zero attached hydrogens (tertiary/aromatic N) is 1. The Hall–Kier alpha value is -0.610. The number of carboxylic acid groups (broad SMARTS) is 1. The summed E-state index contributed by atoms with van der Waals surface area (Å²) in [6, 6.07) is 0.186. The molecule has 0 aliphatic carbocycles. The molecule has 2 N–H and O–H groups in total. The molecule has 0 spiro atoms. The Morgan fingerprint density at radius 3 is 2.35 bits per heavy atom. The molecule has 0 aromatic rings. The van der Waals surface area contributed by atoms with Crippen LogP contribution in [0.4, 0.5) is 0 Å². The zero-order valence-corrected chi connectivity index (χ0v) is 13.8. The zero-order valence-electron chi connectivity index (χ0n) is 13.8. The lowest BCUT2D eigenvalue weighted by molar-refractivity contribution is -0.144. The van der Waals surface area contributed by atoms with Crippen molar-refractivity contribution in [2.24, 2.45) is 11.8 Å². The molecule has 1 saturated heterocycles. The molecule has 0 saturated carbocycles. The van der Waals surface area contributed by atoms with Gasteiger partial charge in [0.1, 0.15) is 5.54 Å². The largest absolute Gasteiger partial charge is 0.480 e. The minimum absolute atomic E-state index is 0.186. The molecule has 1 aliphatic rings. The van der Waals surface area contributed by atoms with Gasteiger partial charge in [-0.2, -0.15) is 0 Å². The van der Waals surface area contributed by atoms with Crippen LogP contribution in [0.1, 0.15) is 53.9 Å². The van der Waals surface area contributed by atoms with E-state index in [4.69, 9.17) is 0 Å². The van der Waals surface area contributed by atoms with E-state index < -0.39 is 11.5 Å². The van der Waals surface area contributed by atoms with Gasteiger partial charge in [-0.25, -0.2) is 0 Å². The number of likely N-dealkylation sites (tertiary alicyclic amines) is 1. The summed E-state index contributed by atoms with van der Waals surface area (Å²) in [6.07, 6.45) is 2.93. The molecule has 4 heteroatoms. The fourth-order valence-corrected chi connectivity index (χ4v) is 3.51. The highest BCUT2D eigenvalue weighted by Crippen LogP contribution is 2.22. The van der Waals surface area contributed by atoms with E-state index in [1.54, 1.807) is 6.92 Å². The molecule has 1 aliphatic heterocycles. The van der Waals surface area contributed by atoms with Gasteiger partial charge in [0, 0.05) is 19.1 Å². The Bertz CT molecular complexity index is 310. The summed E-state index contributed by atoms with van der Waals surface area (Å²) >= 11 is 0. The highest BCUT2D eigenvalue weighted by Gasteiger charge is 2.33. The van der Waals surface area contributed by atoms with Crippen LogP contribution in [-0.4, -0.2) is 47.2 Å². The maximum atomic E-state index is 11.5. The van der Waals surface area contributed by atoms with Crippen molar-refractivity contribution in [1.82, 2.24) is 10.2 Å². The molecule has 1 fully saturated rings. The smallest absolute Gasteiger partial charge is 0.323 e. The molecule has 0 amide bonds. The van der Waals surface area contributed by atoms with Crippen LogP contribution in [-0.2, 0) is 4.79 Å². The molecule has 4 nitrogen and oxygen atoms in total. The third-order valence-electron chi connectivity index (χ3n) is 4.17. The van der Waals surface area contributed by atoms with E-state index in [0.717, 1.165) is 37.9 Å². The second-order valence-electron chi connectivity index (χ2n) is 7.25. The minimum Gasteiger partial charge on any atom is -0.480 e. The molecule has 3 atom stereocenters. The van der Waals surface area contributed by atoms with Crippen molar-refractivity contribution < 1.29 is 9.90 Å². The van der Waals surface area contributed by atoms with Crippen LogP contribution in [0.3, 0.4) is 0 Å². The number of piperidine rings is 1. The Morgan fingerprint density at radius 2 is 1.90 bits per heavy atom. The third-order valence-corrected chi connectivity index (χ3v) is 4.17. The second kappa shape index (κ2) is 7.41. The molecule has 1 heterocycles. The monoisotopic (exact) mass is 284 g/mol. The SMILES string of the molecule is CC1CC(C)CN(CCCC(C)(NC(C)C)C(=O)O)C1. The maximum Gasteiger partial charge on any atom is 0.323 e. The first-order valence-electron chi connectivity index (χ1n) is 7.96. The highest BCUT2D eigenvalue weighted by molar-refractivity contribution is 5.78. The van der Waals surface area contributed by atoms with Crippen molar-refractivity contribution >= 4 is 5.97 Å². The van der Waals surface area contributed by atoms with Gasteiger partial charge in [-0.1, -0.05) is 13.8 Å². The van der Waals surface area contributed by atoms with Gasteiger partial charge in [-0.3, -0.25) is 10.1 Å². The van der Waals surface area contributed by atoms with Gasteiger partial charge in [0.05, 0.1) is 0 Å². The normalized spacial score (nSPS) is 27.5. The summed E-state index contributed by atoms with van der Waals surface area (Å²) in [5.74, 6) is 0.781. The number of aliphatic carboxylic acids is 1. The lowest BCUT2D eigenvalue weighted by Crippen LogP contribution is -2.52. The van der Waals surface area contributed by atoms with Crippen LogP contribution in [0.25, 0.3) is 0 Å². The molecular weight excluding hydrogens is 252 g/mol. The minimum atomic E-state index is -0.804. The first-order chi connectivity index (χ1) is 9.23.